The third kappa shape index (κ3) is 3.58. The van der Waals surface area contributed by atoms with Gasteiger partial charge in [-0.05, 0) is 56.0 Å². The van der Waals surface area contributed by atoms with Gasteiger partial charge < -0.3 is 14.8 Å². The monoisotopic (exact) mass is 427 g/mol. The van der Waals surface area contributed by atoms with Crippen molar-refractivity contribution in [2.24, 2.45) is 0 Å². The Balaban J connectivity index is 1.44. The molecule has 0 radical (unpaired) electrons. The van der Waals surface area contributed by atoms with Crippen molar-refractivity contribution < 1.29 is 14.3 Å². The van der Waals surface area contributed by atoms with Crippen molar-refractivity contribution in [3.8, 4) is 17.6 Å². The van der Waals surface area contributed by atoms with Gasteiger partial charge in [-0.1, -0.05) is 12.1 Å². The number of fused-ring (bicyclic) bond motifs is 3. The lowest BCUT2D eigenvalue weighted by atomic mass is 10.1. The molecule has 0 saturated heterocycles. The number of benzene rings is 2. The highest BCUT2D eigenvalue weighted by Crippen LogP contribution is 2.32. The van der Waals surface area contributed by atoms with Crippen LogP contribution in [0.25, 0.3) is 16.8 Å². The van der Waals surface area contributed by atoms with Crippen molar-refractivity contribution in [2.45, 2.75) is 31.8 Å². The lowest BCUT2D eigenvalue weighted by molar-refractivity contribution is 0.102. The van der Waals surface area contributed by atoms with E-state index in [-0.39, 0.29) is 17.5 Å². The van der Waals surface area contributed by atoms with Gasteiger partial charge in [0.15, 0.2) is 17.3 Å². The Kier molecular flexibility index (Phi) is 5.07. The van der Waals surface area contributed by atoms with Gasteiger partial charge in [-0.25, -0.2) is 4.98 Å². The summed E-state index contributed by atoms with van der Waals surface area (Å²) in [5.41, 5.74) is 2.21. The molecule has 0 atom stereocenters. The van der Waals surface area contributed by atoms with Crippen LogP contribution in [0, 0.1) is 11.3 Å². The maximum absolute atomic E-state index is 12.9. The van der Waals surface area contributed by atoms with E-state index in [1.54, 1.807) is 35.9 Å². The standard InChI is InChI=1S/C24H21N5O3/c1-31-21-12-15(10-11-20(21)32-17-6-2-3-7-17)23(30)27-22-16(13-25)14-29-19-9-5-4-8-18(19)26-24(29)28-22/h4-5,8-12,14,17H,2-3,6-7H2,1H3,(H,26,27,28,30). The van der Waals surface area contributed by atoms with Crippen LogP contribution in [-0.4, -0.2) is 33.5 Å². The van der Waals surface area contributed by atoms with Crippen molar-refractivity contribution >= 4 is 28.5 Å². The Morgan fingerprint density at radius 3 is 2.75 bits per heavy atom. The molecule has 0 unspecified atom stereocenters. The maximum Gasteiger partial charge on any atom is 0.256 e. The van der Waals surface area contributed by atoms with Crippen LogP contribution in [0.4, 0.5) is 5.82 Å². The molecule has 1 fully saturated rings. The van der Waals surface area contributed by atoms with Crippen LogP contribution in [0.2, 0.25) is 0 Å². The number of anilines is 1. The number of amides is 1. The van der Waals surface area contributed by atoms with Crippen LogP contribution >= 0.6 is 0 Å². The minimum atomic E-state index is -0.403. The predicted molar refractivity (Wildman–Crippen MR) is 119 cm³/mol. The Bertz CT molecular complexity index is 1370. The van der Waals surface area contributed by atoms with Gasteiger partial charge in [0.1, 0.15) is 11.6 Å². The number of aromatic nitrogens is 3. The molecular formula is C24H21N5O3. The molecular weight excluding hydrogens is 406 g/mol. The zero-order chi connectivity index (χ0) is 22.1. The third-order valence-corrected chi connectivity index (χ3v) is 5.68. The van der Waals surface area contributed by atoms with Gasteiger partial charge in [0.05, 0.1) is 24.2 Å². The number of hydrogen-bond donors (Lipinski definition) is 1. The second-order valence-electron chi connectivity index (χ2n) is 7.73. The van der Waals surface area contributed by atoms with E-state index in [4.69, 9.17) is 9.47 Å². The van der Waals surface area contributed by atoms with Crippen molar-refractivity contribution in [1.29, 1.82) is 5.26 Å². The van der Waals surface area contributed by atoms with Crippen LogP contribution in [0.5, 0.6) is 11.5 Å². The van der Waals surface area contributed by atoms with Crippen molar-refractivity contribution in [1.82, 2.24) is 14.4 Å². The lowest BCUT2D eigenvalue weighted by Crippen LogP contribution is -2.16. The maximum atomic E-state index is 12.9. The summed E-state index contributed by atoms with van der Waals surface area (Å²) in [5, 5.41) is 12.3. The van der Waals surface area contributed by atoms with Crippen LogP contribution in [0.3, 0.4) is 0 Å². The number of hydrogen-bond acceptors (Lipinski definition) is 6. The molecule has 2 aromatic heterocycles. The fraction of sp³-hybridized carbons (Fsp3) is 0.250. The number of nitrogens with one attached hydrogen (secondary N) is 1. The Hall–Kier alpha value is -4.12. The van der Waals surface area contributed by atoms with Gasteiger partial charge >= 0.3 is 0 Å². The van der Waals surface area contributed by atoms with Crippen molar-refractivity contribution in [2.75, 3.05) is 12.4 Å². The van der Waals surface area contributed by atoms with Gasteiger partial charge in [-0.2, -0.15) is 10.2 Å². The molecule has 4 aromatic rings. The summed E-state index contributed by atoms with van der Waals surface area (Å²) in [4.78, 5) is 21.8. The lowest BCUT2D eigenvalue weighted by Gasteiger charge is -2.16. The highest BCUT2D eigenvalue weighted by Gasteiger charge is 2.20. The zero-order valence-corrected chi connectivity index (χ0v) is 17.5. The molecule has 0 bridgehead atoms. The number of para-hydroxylation sites is 2. The largest absolute Gasteiger partial charge is 0.493 e. The van der Waals surface area contributed by atoms with E-state index in [1.807, 2.05) is 24.3 Å². The minimum absolute atomic E-state index is 0.158. The molecule has 2 aromatic carbocycles. The van der Waals surface area contributed by atoms with Crippen LogP contribution in [-0.2, 0) is 0 Å². The van der Waals surface area contributed by atoms with Crippen molar-refractivity contribution in [3.63, 3.8) is 0 Å². The molecule has 1 amide bonds. The molecule has 8 heteroatoms. The fourth-order valence-corrected chi connectivity index (χ4v) is 4.04. The molecule has 5 rings (SSSR count). The second kappa shape index (κ2) is 8.19. The number of nitrogens with zero attached hydrogens (tertiary/aromatic N) is 4. The molecule has 160 valence electrons. The third-order valence-electron chi connectivity index (χ3n) is 5.68. The summed E-state index contributed by atoms with van der Waals surface area (Å²) >= 11 is 0. The van der Waals surface area contributed by atoms with Gasteiger partial charge in [-0.15, -0.1) is 0 Å². The van der Waals surface area contributed by atoms with E-state index >= 15 is 0 Å². The first-order valence-corrected chi connectivity index (χ1v) is 10.5. The number of carbonyl (C=O) groups is 1. The number of rotatable bonds is 5. The van der Waals surface area contributed by atoms with E-state index in [0.717, 1.165) is 36.7 Å². The fourth-order valence-electron chi connectivity index (χ4n) is 4.04. The van der Waals surface area contributed by atoms with Gasteiger partial charge in [-0.3, -0.25) is 9.20 Å². The van der Waals surface area contributed by atoms with Crippen LogP contribution in [0.15, 0.2) is 48.7 Å². The Morgan fingerprint density at radius 2 is 1.97 bits per heavy atom. The van der Waals surface area contributed by atoms with Gasteiger partial charge in [0.25, 0.3) is 5.91 Å². The predicted octanol–water partition coefficient (Wildman–Crippen LogP) is 4.34. The first-order chi connectivity index (χ1) is 15.7. The highest BCUT2D eigenvalue weighted by molar-refractivity contribution is 6.05. The average Bonchev–Trinajstić information content (AvgIpc) is 3.45. The molecule has 8 nitrogen and oxygen atoms in total. The smallest absolute Gasteiger partial charge is 0.256 e. The molecule has 0 aliphatic heterocycles. The first-order valence-electron chi connectivity index (χ1n) is 10.5. The van der Waals surface area contributed by atoms with E-state index < -0.39 is 5.91 Å². The first kappa shape index (κ1) is 19.8. The molecule has 1 saturated carbocycles. The normalized spacial score (nSPS) is 13.9. The van der Waals surface area contributed by atoms with E-state index in [9.17, 15) is 10.1 Å². The zero-order valence-electron chi connectivity index (χ0n) is 17.5. The molecule has 1 aliphatic carbocycles. The van der Waals surface area contributed by atoms with E-state index in [0.29, 0.717) is 22.8 Å². The number of methoxy groups -OCH3 is 1. The summed E-state index contributed by atoms with van der Waals surface area (Å²) in [6.07, 6.45) is 6.20. The molecule has 32 heavy (non-hydrogen) atoms. The van der Waals surface area contributed by atoms with Gasteiger partial charge in [0, 0.05) is 11.8 Å². The summed E-state index contributed by atoms with van der Waals surface area (Å²) in [6, 6.07) is 14.7. The quantitative estimate of drug-likeness (QED) is 0.508. The minimum Gasteiger partial charge on any atom is -0.493 e. The molecule has 1 aliphatic rings. The summed E-state index contributed by atoms with van der Waals surface area (Å²) in [5.74, 6) is 1.27. The Morgan fingerprint density at radius 1 is 1.16 bits per heavy atom. The number of carbonyl (C=O) groups excluding carboxylic acids is 1. The summed E-state index contributed by atoms with van der Waals surface area (Å²) < 4.78 is 13.2. The highest BCUT2D eigenvalue weighted by atomic mass is 16.5. The average molecular weight is 427 g/mol. The van der Waals surface area contributed by atoms with Crippen LogP contribution in [0.1, 0.15) is 41.6 Å². The number of nitriles is 1. The summed E-state index contributed by atoms with van der Waals surface area (Å²) in [7, 11) is 1.55. The topological polar surface area (TPSA) is 102 Å². The SMILES string of the molecule is COc1cc(C(=O)Nc2nc3nc4ccccc4n3cc2C#N)ccc1OC1CCCC1. The second-order valence-corrected chi connectivity index (χ2v) is 7.73. The van der Waals surface area contributed by atoms with E-state index in [2.05, 4.69) is 21.4 Å². The molecule has 2 heterocycles. The Labute approximate surface area is 184 Å². The van der Waals surface area contributed by atoms with Crippen LogP contribution < -0.4 is 14.8 Å². The van der Waals surface area contributed by atoms with Gasteiger partial charge in [0.2, 0.25) is 5.78 Å². The van der Waals surface area contributed by atoms with E-state index in [1.165, 1.54) is 0 Å². The number of imidazole rings is 1. The molecule has 0 spiro atoms. The van der Waals surface area contributed by atoms with Crippen molar-refractivity contribution in [3.05, 3.63) is 59.8 Å². The molecule has 1 N–H and O–H groups in total. The number of ether oxygens (including phenoxy) is 2. The summed E-state index contributed by atoms with van der Waals surface area (Å²) in [6.45, 7) is 0.